The van der Waals surface area contributed by atoms with Crippen molar-refractivity contribution in [2.45, 2.75) is 20.3 Å². The summed E-state index contributed by atoms with van der Waals surface area (Å²) < 4.78 is 0. The number of hydrogen-bond donors (Lipinski definition) is 1. The van der Waals surface area contributed by atoms with Crippen molar-refractivity contribution in [3.8, 4) is 6.07 Å². The van der Waals surface area contributed by atoms with E-state index in [1.54, 1.807) is 31.2 Å². The number of aliphatic carboxylic acids is 1. The molecular formula is C15H18N2O3. The lowest BCUT2D eigenvalue weighted by molar-refractivity contribution is -0.145. The third-order valence-corrected chi connectivity index (χ3v) is 3.31. The lowest BCUT2D eigenvalue weighted by atomic mass is 9.94. The lowest BCUT2D eigenvalue weighted by Gasteiger charge is -2.26. The van der Waals surface area contributed by atoms with Crippen LogP contribution in [0.15, 0.2) is 30.3 Å². The molecule has 5 nitrogen and oxygen atoms in total. The monoisotopic (exact) mass is 274 g/mol. The fourth-order valence-electron chi connectivity index (χ4n) is 1.81. The first-order valence-electron chi connectivity index (χ1n) is 6.45. The van der Waals surface area contributed by atoms with E-state index in [1.807, 2.05) is 12.1 Å². The van der Waals surface area contributed by atoms with Gasteiger partial charge in [0.1, 0.15) is 0 Å². The predicted octanol–water partition coefficient (Wildman–Crippen LogP) is 2.29. The Morgan fingerprint density at radius 2 is 1.85 bits per heavy atom. The van der Waals surface area contributed by atoms with Crippen molar-refractivity contribution < 1.29 is 14.7 Å². The molecule has 0 aliphatic carbocycles. The zero-order valence-electron chi connectivity index (χ0n) is 11.6. The third kappa shape index (κ3) is 3.82. The highest BCUT2D eigenvalue weighted by molar-refractivity contribution is 5.96. The molecule has 1 rings (SSSR count). The highest BCUT2D eigenvalue weighted by Gasteiger charge is 2.29. The van der Waals surface area contributed by atoms with E-state index in [2.05, 4.69) is 0 Å². The molecule has 1 N–H and O–H groups in total. The zero-order chi connectivity index (χ0) is 15.1. The number of benzene rings is 1. The molecule has 0 aromatic heterocycles. The standard InChI is InChI=1S/C15H18N2O3/c1-11(12(2)15(19)20)14(18)17(10-6-9-16)13-7-4-3-5-8-13/h3-5,7-8,11-12H,6,10H2,1-2H3,(H,19,20). The number of para-hydroxylation sites is 1. The van der Waals surface area contributed by atoms with Crippen molar-refractivity contribution >= 4 is 17.6 Å². The average Bonchev–Trinajstić information content (AvgIpc) is 2.46. The lowest BCUT2D eigenvalue weighted by Crippen LogP contribution is -2.39. The minimum absolute atomic E-state index is 0.203. The fraction of sp³-hybridized carbons (Fsp3) is 0.400. The van der Waals surface area contributed by atoms with E-state index in [4.69, 9.17) is 10.4 Å². The number of amides is 1. The molecule has 5 heteroatoms. The van der Waals surface area contributed by atoms with Crippen LogP contribution in [0.3, 0.4) is 0 Å². The second kappa shape index (κ2) is 7.29. The van der Waals surface area contributed by atoms with Gasteiger partial charge in [-0.1, -0.05) is 32.0 Å². The highest BCUT2D eigenvalue weighted by atomic mass is 16.4. The van der Waals surface area contributed by atoms with Crippen molar-refractivity contribution in [2.75, 3.05) is 11.4 Å². The number of carbonyl (C=O) groups is 2. The van der Waals surface area contributed by atoms with Gasteiger partial charge in [0.05, 0.1) is 18.4 Å². The van der Waals surface area contributed by atoms with Gasteiger partial charge in [-0.25, -0.2) is 0 Å². The summed E-state index contributed by atoms with van der Waals surface area (Å²) in [6.45, 7) is 3.37. The second-order valence-corrected chi connectivity index (χ2v) is 4.65. The molecule has 0 saturated carbocycles. The summed E-state index contributed by atoms with van der Waals surface area (Å²) >= 11 is 0. The zero-order valence-corrected chi connectivity index (χ0v) is 11.6. The van der Waals surface area contributed by atoms with Crippen LogP contribution in [0.2, 0.25) is 0 Å². The van der Waals surface area contributed by atoms with Crippen LogP contribution in [0.5, 0.6) is 0 Å². The maximum Gasteiger partial charge on any atom is 0.307 e. The smallest absolute Gasteiger partial charge is 0.307 e. The first-order valence-corrected chi connectivity index (χ1v) is 6.45. The number of carboxylic acids is 1. The van der Waals surface area contributed by atoms with Gasteiger partial charge in [0.25, 0.3) is 0 Å². The van der Waals surface area contributed by atoms with E-state index >= 15 is 0 Å². The topological polar surface area (TPSA) is 81.4 Å². The Kier molecular flexibility index (Phi) is 5.73. The van der Waals surface area contributed by atoms with Gasteiger partial charge in [-0.2, -0.15) is 5.26 Å². The summed E-state index contributed by atoms with van der Waals surface area (Å²) in [5.74, 6) is -2.69. The summed E-state index contributed by atoms with van der Waals surface area (Å²) in [5.41, 5.74) is 0.678. The van der Waals surface area contributed by atoms with Crippen LogP contribution >= 0.6 is 0 Å². The molecule has 0 heterocycles. The Morgan fingerprint density at radius 3 is 2.35 bits per heavy atom. The summed E-state index contributed by atoms with van der Waals surface area (Å²) in [5, 5.41) is 17.7. The van der Waals surface area contributed by atoms with E-state index in [0.717, 1.165) is 0 Å². The summed E-state index contributed by atoms with van der Waals surface area (Å²) in [6.07, 6.45) is 0.203. The molecule has 0 radical (unpaired) electrons. The van der Waals surface area contributed by atoms with Crippen molar-refractivity contribution in [2.24, 2.45) is 11.8 Å². The van der Waals surface area contributed by atoms with Gasteiger partial charge in [0.2, 0.25) is 5.91 Å². The molecule has 106 valence electrons. The quantitative estimate of drug-likeness (QED) is 0.862. The van der Waals surface area contributed by atoms with Gasteiger partial charge in [-0.05, 0) is 12.1 Å². The van der Waals surface area contributed by atoms with Gasteiger partial charge in [0, 0.05) is 18.2 Å². The molecule has 1 amide bonds. The number of hydrogen-bond acceptors (Lipinski definition) is 3. The van der Waals surface area contributed by atoms with Gasteiger partial charge in [0.15, 0.2) is 0 Å². The Bertz CT molecular complexity index is 508. The largest absolute Gasteiger partial charge is 0.481 e. The van der Waals surface area contributed by atoms with Crippen LogP contribution < -0.4 is 4.90 Å². The molecule has 2 unspecified atom stereocenters. The van der Waals surface area contributed by atoms with Crippen molar-refractivity contribution in [3.63, 3.8) is 0 Å². The van der Waals surface area contributed by atoms with Crippen LogP contribution in [0.25, 0.3) is 0 Å². The molecule has 1 aromatic carbocycles. The first-order chi connectivity index (χ1) is 9.49. The van der Waals surface area contributed by atoms with Crippen LogP contribution in [0.1, 0.15) is 20.3 Å². The van der Waals surface area contributed by atoms with E-state index < -0.39 is 17.8 Å². The molecular weight excluding hydrogens is 256 g/mol. The maximum absolute atomic E-state index is 12.4. The number of anilines is 1. The number of rotatable bonds is 6. The van der Waals surface area contributed by atoms with Gasteiger partial charge < -0.3 is 10.0 Å². The number of nitrogens with zero attached hydrogens (tertiary/aromatic N) is 2. The fourth-order valence-corrected chi connectivity index (χ4v) is 1.81. The van der Waals surface area contributed by atoms with Gasteiger partial charge >= 0.3 is 5.97 Å². The number of carboxylic acid groups (broad SMARTS) is 1. The molecule has 0 saturated heterocycles. The average molecular weight is 274 g/mol. The Morgan fingerprint density at radius 1 is 1.25 bits per heavy atom. The molecule has 20 heavy (non-hydrogen) atoms. The van der Waals surface area contributed by atoms with Gasteiger partial charge in [-0.15, -0.1) is 0 Å². The molecule has 0 aliphatic heterocycles. The SMILES string of the molecule is CC(C(=O)O)C(C)C(=O)N(CCC#N)c1ccccc1. The van der Waals surface area contributed by atoms with E-state index in [1.165, 1.54) is 11.8 Å². The van der Waals surface area contributed by atoms with Gasteiger partial charge in [-0.3, -0.25) is 9.59 Å². The van der Waals surface area contributed by atoms with Crippen molar-refractivity contribution in [3.05, 3.63) is 30.3 Å². The highest BCUT2D eigenvalue weighted by Crippen LogP contribution is 2.21. The minimum atomic E-state index is -1.00. The molecule has 1 aromatic rings. The minimum Gasteiger partial charge on any atom is -0.481 e. The van der Waals surface area contributed by atoms with Crippen molar-refractivity contribution in [1.29, 1.82) is 5.26 Å². The number of nitriles is 1. The van der Waals surface area contributed by atoms with Crippen LogP contribution in [0, 0.1) is 23.2 Å². The molecule has 0 bridgehead atoms. The first kappa shape index (κ1) is 15.7. The summed E-state index contributed by atoms with van der Waals surface area (Å²) in [7, 11) is 0. The van der Waals surface area contributed by atoms with E-state index in [9.17, 15) is 9.59 Å². The van der Waals surface area contributed by atoms with E-state index in [0.29, 0.717) is 5.69 Å². The molecule has 2 atom stereocenters. The number of carbonyl (C=O) groups excluding carboxylic acids is 1. The molecule has 0 fully saturated rings. The Hall–Kier alpha value is -2.35. The normalized spacial score (nSPS) is 13.1. The molecule has 0 spiro atoms. The van der Waals surface area contributed by atoms with Crippen LogP contribution in [-0.4, -0.2) is 23.5 Å². The Balaban J connectivity index is 2.97. The summed E-state index contributed by atoms with van der Waals surface area (Å²) in [6, 6.07) is 11.0. The predicted molar refractivity (Wildman–Crippen MR) is 75.0 cm³/mol. The molecule has 0 aliphatic rings. The Labute approximate surface area is 118 Å². The van der Waals surface area contributed by atoms with Crippen LogP contribution in [0.4, 0.5) is 5.69 Å². The van der Waals surface area contributed by atoms with Crippen LogP contribution in [-0.2, 0) is 9.59 Å². The third-order valence-electron chi connectivity index (χ3n) is 3.31. The van der Waals surface area contributed by atoms with E-state index in [-0.39, 0.29) is 18.9 Å². The second-order valence-electron chi connectivity index (χ2n) is 4.65. The van der Waals surface area contributed by atoms with Crippen molar-refractivity contribution in [1.82, 2.24) is 0 Å². The summed E-state index contributed by atoms with van der Waals surface area (Å²) in [4.78, 5) is 24.9. The maximum atomic E-state index is 12.4.